The van der Waals surface area contributed by atoms with Gasteiger partial charge >= 0.3 is 0 Å². The Morgan fingerprint density at radius 3 is 2.82 bits per heavy atom. The zero-order valence-electron chi connectivity index (χ0n) is 11.6. The predicted octanol–water partition coefficient (Wildman–Crippen LogP) is 0.973. The Balaban J connectivity index is 2.44. The molecule has 1 aliphatic rings. The predicted molar refractivity (Wildman–Crippen MR) is 71.0 cm³/mol. The lowest BCUT2D eigenvalue weighted by molar-refractivity contribution is -0.127. The van der Waals surface area contributed by atoms with E-state index in [1.807, 2.05) is 6.92 Å². The van der Waals surface area contributed by atoms with Crippen LogP contribution < -0.4 is 10.6 Å². The van der Waals surface area contributed by atoms with Gasteiger partial charge in [-0.3, -0.25) is 9.69 Å². The third-order valence-corrected chi connectivity index (χ3v) is 3.54. The van der Waals surface area contributed by atoms with Gasteiger partial charge in [0.1, 0.15) is 0 Å². The van der Waals surface area contributed by atoms with E-state index in [2.05, 4.69) is 36.3 Å². The highest BCUT2D eigenvalue weighted by Crippen LogP contribution is 2.08. The molecule has 0 aromatic heterocycles. The van der Waals surface area contributed by atoms with E-state index in [-0.39, 0.29) is 18.0 Å². The number of rotatable bonds is 5. The van der Waals surface area contributed by atoms with Crippen LogP contribution in [-0.4, -0.2) is 48.6 Å². The van der Waals surface area contributed by atoms with Crippen LogP contribution in [0.3, 0.4) is 0 Å². The minimum absolute atomic E-state index is 0.0218. The second-order valence-electron chi connectivity index (χ2n) is 5.17. The van der Waals surface area contributed by atoms with E-state index >= 15 is 0 Å². The van der Waals surface area contributed by atoms with Crippen molar-refractivity contribution in [2.24, 2.45) is 0 Å². The molecule has 4 nitrogen and oxygen atoms in total. The molecule has 1 aliphatic heterocycles. The first-order valence-electron chi connectivity index (χ1n) is 6.83. The first-order chi connectivity index (χ1) is 8.06. The number of nitrogens with one attached hydrogen (secondary N) is 2. The molecule has 1 fully saturated rings. The summed E-state index contributed by atoms with van der Waals surface area (Å²) in [7, 11) is 0. The van der Waals surface area contributed by atoms with Gasteiger partial charge in [-0.05, 0) is 27.2 Å². The summed E-state index contributed by atoms with van der Waals surface area (Å²) in [5, 5.41) is 6.44. The summed E-state index contributed by atoms with van der Waals surface area (Å²) in [6.07, 6.45) is 2.16. The fraction of sp³-hybridized carbons (Fsp3) is 0.923. The highest BCUT2D eigenvalue weighted by Gasteiger charge is 2.27. The van der Waals surface area contributed by atoms with Crippen LogP contribution in [0.25, 0.3) is 0 Å². The van der Waals surface area contributed by atoms with E-state index < -0.39 is 0 Å². The van der Waals surface area contributed by atoms with Crippen molar-refractivity contribution in [1.29, 1.82) is 0 Å². The number of carbonyl (C=O) groups is 1. The Bertz CT molecular complexity index is 245. The van der Waals surface area contributed by atoms with Crippen LogP contribution >= 0.6 is 0 Å². The molecule has 0 spiro atoms. The van der Waals surface area contributed by atoms with Gasteiger partial charge in [0.15, 0.2) is 0 Å². The summed E-state index contributed by atoms with van der Waals surface area (Å²) in [6.45, 7) is 11.3. The first kappa shape index (κ1) is 14.5. The Labute approximate surface area is 105 Å². The van der Waals surface area contributed by atoms with Crippen LogP contribution in [0.5, 0.6) is 0 Å². The summed E-state index contributed by atoms with van der Waals surface area (Å²) in [6, 6.07) is 0.700. The van der Waals surface area contributed by atoms with Crippen LogP contribution in [0.4, 0.5) is 0 Å². The van der Waals surface area contributed by atoms with E-state index in [4.69, 9.17) is 0 Å². The Hall–Kier alpha value is -0.610. The average Bonchev–Trinajstić information content (AvgIpc) is 2.29. The average molecular weight is 241 g/mol. The van der Waals surface area contributed by atoms with Gasteiger partial charge in [-0.2, -0.15) is 0 Å². The monoisotopic (exact) mass is 241 g/mol. The highest BCUT2D eigenvalue weighted by molar-refractivity contribution is 5.81. The molecule has 0 aromatic carbocycles. The van der Waals surface area contributed by atoms with Crippen LogP contribution in [-0.2, 0) is 4.79 Å². The minimum Gasteiger partial charge on any atom is -0.352 e. The van der Waals surface area contributed by atoms with Crippen LogP contribution in [0.15, 0.2) is 0 Å². The lowest BCUT2D eigenvalue weighted by Crippen LogP contribution is -2.57. The molecule has 100 valence electrons. The van der Waals surface area contributed by atoms with Crippen molar-refractivity contribution in [1.82, 2.24) is 15.5 Å². The molecule has 0 bridgehead atoms. The third-order valence-electron chi connectivity index (χ3n) is 3.54. The quantitative estimate of drug-likeness (QED) is 0.754. The summed E-state index contributed by atoms with van der Waals surface area (Å²) in [5.41, 5.74) is 0. The lowest BCUT2D eigenvalue weighted by Gasteiger charge is -2.37. The Morgan fingerprint density at radius 2 is 2.24 bits per heavy atom. The number of amides is 1. The zero-order chi connectivity index (χ0) is 12.8. The van der Waals surface area contributed by atoms with Crippen LogP contribution in [0.1, 0.15) is 40.5 Å². The second kappa shape index (κ2) is 6.97. The summed E-state index contributed by atoms with van der Waals surface area (Å²) in [4.78, 5) is 14.4. The first-order valence-corrected chi connectivity index (χ1v) is 6.83. The number of nitrogens with zero attached hydrogens (tertiary/aromatic N) is 1. The maximum absolute atomic E-state index is 12.1. The number of hydrogen-bond acceptors (Lipinski definition) is 3. The van der Waals surface area contributed by atoms with Crippen molar-refractivity contribution in [2.75, 3.05) is 19.6 Å². The summed E-state index contributed by atoms with van der Waals surface area (Å²) >= 11 is 0. The van der Waals surface area contributed by atoms with Crippen molar-refractivity contribution in [2.45, 2.75) is 58.7 Å². The molecule has 1 saturated heterocycles. The summed E-state index contributed by atoms with van der Waals surface area (Å²) < 4.78 is 0. The maximum Gasteiger partial charge on any atom is 0.237 e. The molecule has 1 rings (SSSR count). The molecule has 0 radical (unpaired) electrons. The van der Waals surface area contributed by atoms with Gasteiger partial charge in [-0.15, -0.1) is 0 Å². The fourth-order valence-electron chi connectivity index (χ4n) is 2.45. The van der Waals surface area contributed by atoms with Crippen molar-refractivity contribution < 1.29 is 4.79 Å². The molecular formula is C13H27N3O. The molecule has 0 aliphatic carbocycles. The van der Waals surface area contributed by atoms with E-state index in [1.54, 1.807) is 0 Å². The number of hydrogen-bond donors (Lipinski definition) is 2. The molecule has 1 heterocycles. The van der Waals surface area contributed by atoms with E-state index in [1.165, 1.54) is 0 Å². The van der Waals surface area contributed by atoms with E-state index in [0.29, 0.717) is 6.04 Å². The normalized spacial score (nSPS) is 25.3. The highest BCUT2D eigenvalue weighted by atomic mass is 16.2. The van der Waals surface area contributed by atoms with Gasteiger partial charge in [-0.1, -0.05) is 13.3 Å². The molecule has 2 N–H and O–H groups in total. The molecule has 0 saturated carbocycles. The number of piperazine rings is 1. The van der Waals surface area contributed by atoms with Crippen molar-refractivity contribution in [3.8, 4) is 0 Å². The number of carbonyl (C=O) groups excluding carboxylic acids is 1. The third kappa shape index (κ3) is 4.28. The Morgan fingerprint density at radius 1 is 1.53 bits per heavy atom. The van der Waals surface area contributed by atoms with Crippen LogP contribution in [0.2, 0.25) is 0 Å². The van der Waals surface area contributed by atoms with Crippen molar-refractivity contribution >= 4 is 5.91 Å². The molecule has 17 heavy (non-hydrogen) atoms. The molecule has 3 atom stereocenters. The molecule has 0 aromatic rings. The second-order valence-corrected chi connectivity index (χ2v) is 5.17. The molecule has 4 heteroatoms. The maximum atomic E-state index is 12.1. The standard InChI is InChI=1S/C13H27N3O/c1-5-6-10(2)15-13(17)12(4)16-8-7-14-9-11(16)3/h10-12,14H,5-9H2,1-4H3,(H,15,17). The fourth-order valence-corrected chi connectivity index (χ4v) is 2.45. The van der Waals surface area contributed by atoms with Crippen molar-refractivity contribution in [3.63, 3.8) is 0 Å². The largest absolute Gasteiger partial charge is 0.352 e. The Kier molecular flexibility index (Phi) is 5.92. The van der Waals surface area contributed by atoms with Gasteiger partial charge in [0, 0.05) is 31.7 Å². The van der Waals surface area contributed by atoms with Crippen molar-refractivity contribution in [3.05, 3.63) is 0 Å². The van der Waals surface area contributed by atoms with Gasteiger partial charge in [0.25, 0.3) is 0 Å². The van der Waals surface area contributed by atoms with Gasteiger partial charge in [-0.25, -0.2) is 0 Å². The van der Waals surface area contributed by atoms with Crippen LogP contribution in [0, 0.1) is 0 Å². The SMILES string of the molecule is CCCC(C)NC(=O)C(C)N1CCNCC1C. The van der Waals surface area contributed by atoms with Gasteiger partial charge in [0.2, 0.25) is 5.91 Å². The van der Waals surface area contributed by atoms with Gasteiger partial charge < -0.3 is 10.6 Å². The molecule has 1 amide bonds. The zero-order valence-corrected chi connectivity index (χ0v) is 11.6. The molecule has 3 unspecified atom stereocenters. The van der Waals surface area contributed by atoms with E-state index in [0.717, 1.165) is 32.5 Å². The minimum atomic E-state index is -0.0218. The smallest absolute Gasteiger partial charge is 0.237 e. The van der Waals surface area contributed by atoms with Gasteiger partial charge in [0.05, 0.1) is 6.04 Å². The summed E-state index contributed by atoms with van der Waals surface area (Å²) in [5.74, 6) is 0.166. The molecular weight excluding hydrogens is 214 g/mol. The lowest BCUT2D eigenvalue weighted by atomic mass is 10.1. The van der Waals surface area contributed by atoms with E-state index in [9.17, 15) is 4.79 Å². The topological polar surface area (TPSA) is 44.4 Å².